The fourth-order valence-corrected chi connectivity index (χ4v) is 3.06. The van der Waals surface area contributed by atoms with Crippen LogP contribution in [-0.2, 0) is 0 Å². The molecule has 1 spiro atoms. The monoisotopic (exact) mass is 263 g/mol. The van der Waals surface area contributed by atoms with E-state index in [1.165, 1.54) is 0 Å². The summed E-state index contributed by atoms with van der Waals surface area (Å²) in [6, 6.07) is 5.74. The molecule has 1 saturated heterocycles. The highest BCUT2D eigenvalue weighted by molar-refractivity contribution is 5.43. The third-order valence-corrected chi connectivity index (χ3v) is 4.06. The van der Waals surface area contributed by atoms with Gasteiger partial charge in [0.05, 0.1) is 12.7 Å². The van der Waals surface area contributed by atoms with Crippen LogP contribution in [0.2, 0.25) is 0 Å². The van der Waals surface area contributed by atoms with E-state index in [0.29, 0.717) is 13.0 Å². The average Bonchev–Trinajstić information content (AvgIpc) is 2.41. The first kappa shape index (κ1) is 12.8. The molecule has 19 heavy (non-hydrogen) atoms. The van der Waals surface area contributed by atoms with Crippen molar-refractivity contribution in [1.29, 1.82) is 0 Å². The lowest BCUT2D eigenvalue weighted by atomic mass is 9.82. The molecule has 1 atom stereocenters. The molecule has 1 aromatic carbocycles. The Morgan fingerprint density at radius 2 is 2.21 bits per heavy atom. The van der Waals surface area contributed by atoms with E-state index >= 15 is 0 Å². The minimum Gasteiger partial charge on any atom is -0.494 e. The largest absolute Gasteiger partial charge is 0.494 e. The number of benzene rings is 1. The second kappa shape index (κ2) is 5.02. The zero-order valence-corrected chi connectivity index (χ0v) is 11.3. The van der Waals surface area contributed by atoms with Crippen molar-refractivity contribution in [3.8, 4) is 11.5 Å². The van der Waals surface area contributed by atoms with Gasteiger partial charge in [0, 0.05) is 12.0 Å². The molecule has 1 aromatic rings. The maximum absolute atomic E-state index is 10.4. The third kappa shape index (κ3) is 2.42. The highest BCUT2D eigenvalue weighted by Gasteiger charge is 2.41. The molecule has 4 nitrogen and oxygen atoms in total. The van der Waals surface area contributed by atoms with Crippen LogP contribution in [0.5, 0.6) is 11.5 Å². The Balaban J connectivity index is 1.88. The van der Waals surface area contributed by atoms with E-state index < -0.39 is 6.10 Å². The number of aliphatic hydroxyl groups is 1. The molecule has 4 heteroatoms. The minimum atomic E-state index is -0.456. The van der Waals surface area contributed by atoms with Crippen molar-refractivity contribution >= 4 is 0 Å². The summed E-state index contributed by atoms with van der Waals surface area (Å²) in [7, 11) is 0. The van der Waals surface area contributed by atoms with Gasteiger partial charge in [-0.2, -0.15) is 0 Å². The molecule has 3 rings (SSSR count). The predicted molar refractivity (Wildman–Crippen MR) is 72.7 cm³/mol. The number of piperidine rings is 1. The van der Waals surface area contributed by atoms with Gasteiger partial charge in [0.2, 0.25) is 0 Å². The van der Waals surface area contributed by atoms with Gasteiger partial charge < -0.3 is 19.9 Å². The Kier molecular flexibility index (Phi) is 3.37. The molecule has 0 unspecified atom stereocenters. The van der Waals surface area contributed by atoms with Crippen molar-refractivity contribution < 1.29 is 14.6 Å². The van der Waals surface area contributed by atoms with Gasteiger partial charge in [0.1, 0.15) is 17.1 Å². The van der Waals surface area contributed by atoms with Crippen LogP contribution < -0.4 is 14.8 Å². The first-order valence-corrected chi connectivity index (χ1v) is 7.07. The fourth-order valence-electron chi connectivity index (χ4n) is 3.06. The van der Waals surface area contributed by atoms with Crippen LogP contribution in [0.15, 0.2) is 18.2 Å². The normalized spacial score (nSPS) is 24.6. The van der Waals surface area contributed by atoms with Gasteiger partial charge in [-0.3, -0.25) is 0 Å². The summed E-state index contributed by atoms with van der Waals surface area (Å²) in [5, 5.41) is 13.8. The Hall–Kier alpha value is -1.26. The molecule has 2 aliphatic heterocycles. The lowest BCUT2D eigenvalue weighted by molar-refractivity contribution is -0.0338. The highest BCUT2D eigenvalue weighted by atomic mass is 16.5. The molecule has 0 amide bonds. The number of ether oxygens (including phenoxy) is 2. The van der Waals surface area contributed by atoms with E-state index in [-0.39, 0.29) is 5.60 Å². The van der Waals surface area contributed by atoms with E-state index in [2.05, 4.69) is 5.32 Å². The third-order valence-electron chi connectivity index (χ3n) is 4.06. The van der Waals surface area contributed by atoms with Gasteiger partial charge in [0.25, 0.3) is 0 Å². The molecule has 1 fully saturated rings. The molecule has 0 aromatic heterocycles. The Labute approximate surface area is 113 Å². The van der Waals surface area contributed by atoms with Crippen LogP contribution in [0.1, 0.15) is 37.9 Å². The number of nitrogens with one attached hydrogen (secondary N) is 1. The smallest absolute Gasteiger partial charge is 0.126 e. The summed E-state index contributed by atoms with van der Waals surface area (Å²) in [5.74, 6) is 1.61. The molecule has 2 N–H and O–H groups in total. The lowest BCUT2D eigenvalue weighted by Gasteiger charge is -2.43. The molecule has 0 bridgehead atoms. The Morgan fingerprint density at radius 1 is 1.42 bits per heavy atom. The number of aliphatic hydroxyl groups excluding tert-OH is 1. The van der Waals surface area contributed by atoms with Crippen LogP contribution in [0.25, 0.3) is 0 Å². The molecular weight excluding hydrogens is 242 g/mol. The van der Waals surface area contributed by atoms with E-state index in [1.807, 2.05) is 25.1 Å². The van der Waals surface area contributed by atoms with E-state index in [1.54, 1.807) is 0 Å². The van der Waals surface area contributed by atoms with Crippen molar-refractivity contribution in [2.45, 2.75) is 37.9 Å². The first-order valence-electron chi connectivity index (χ1n) is 7.07. The molecule has 2 heterocycles. The topological polar surface area (TPSA) is 50.7 Å². The van der Waals surface area contributed by atoms with Crippen LogP contribution in [0.4, 0.5) is 0 Å². The summed E-state index contributed by atoms with van der Waals surface area (Å²) in [5.41, 5.74) is 0.667. The van der Waals surface area contributed by atoms with Crippen molar-refractivity contribution in [3.05, 3.63) is 23.8 Å². The second-order valence-corrected chi connectivity index (χ2v) is 5.39. The average molecular weight is 263 g/mol. The molecule has 0 aliphatic carbocycles. The van der Waals surface area contributed by atoms with Gasteiger partial charge in [-0.05, 0) is 51.1 Å². The number of hydrogen-bond acceptors (Lipinski definition) is 4. The van der Waals surface area contributed by atoms with Crippen LogP contribution in [0.3, 0.4) is 0 Å². The summed E-state index contributed by atoms with van der Waals surface area (Å²) >= 11 is 0. The van der Waals surface area contributed by atoms with E-state index in [0.717, 1.165) is 43.0 Å². The fraction of sp³-hybridized carbons (Fsp3) is 0.600. The van der Waals surface area contributed by atoms with E-state index in [9.17, 15) is 5.11 Å². The minimum absolute atomic E-state index is 0.190. The summed E-state index contributed by atoms with van der Waals surface area (Å²) in [6.07, 6.45) is 2.13. The van der Waals surface area contributed by atoms with Gasteiger partial charge in [-0.25, -0.2) is 0 Å². The molecule has 0 saturated carbocycles. The van der Waals surface area contributed by atoms with Crippen molar-refractivity contribution in [3.63, 3.8) is 0 Å². The zero-order chi connectivity index (χ0) is 13.3. The molecular formula is C15H21NO3. The second-order valence-electron chi connectivity index (χ2n) is 5.39. The van der Waals surface area contributed by atoms with Gasteiger partial charge in [-0.1, -0.05) is 0 Å². The Morgan fingerprint density at radius 3 is 2.95 bits per heavy atom. The number of fused-ring (bicyclic) bond motifs is 1. The van der Waals surface area contributed by atoms with Gasteiger partial charge in [-0.15, -0.1) is 0 Å². The number of hydrogen-bond donors (Lipinski definition) is 2. The lowest BCUT2D eigenvalue weighted by Crippen LogP contribution is -2.49. The Bertz CT molecular complexity index is 455. The van der Waals surface area contributed by atoms with Gasteiger partial charge in [0.15, 0.2) is 0 Å². The summed E-state index contributed by atoms with van der Waals surface area (Å²) in [6.45, 7) is 4.50. The van der Waals surface area contributed by atoms with Gasteiger partial charge >= 0.3 is 0 Å². The van der Waals surface area contributed by atoms with E-state index in [4.69, 9.17) is 9.47 Å². The highest BCUT2D eigenvalue weighted by Crippen LogP contribution is 2.44. The zero-order valence-electron chi connectivity index (χ0n) is 11.3. The van der Waals surface area contributed by atoms with Crippen LogP contribution in [0, 0.1) is 0 Å². The molecule has 2 aliphatic rings. The predicted octanol–water partition coefficient (Wildman–Crippen LogP) is 2.02. The first-order chi connectivity index (χ1) is 9.22. The SMILES string of the molecule is CCOc1ccc2c(c1)[C@H](O)CC1(CCNCC1)O2. The molecule has 104 valence electrons. The van der Waals surface area contributed by atoms with Crippen molar-refractivity contribution in [2.75, 3.05) is 19.7 Å². The molecule has 0 radical (unpaired) electrons. The quantitative estimate of drug-likeness (QED) is 0.857. The standard InChI is InChI=1S/C15H21NO3/c1-2-18-11-3-4-14-12(9-11)13(17)10-15(19-14)5-7-16-8-6-15/h3-4,9,13,16-17H,2,5-8,10H2,1H3/t13-/m1/s1. The maximum atomic E-state index is 10.4. The van der Waals surface area contributed by atoms with Crippen molar-refractivity contribution in [1.82, 2.24) is 5.32 Å². The number of rotatable bonds is 2. The van der Waals surface area contributed by atoms with Crippen LogP contribution in [-0.4, -0.2) is 30.4 Å². The van der Waals surface area contributed by atoms with Crippen LogP contribution >= 0.6 is 0 Å². The summed E-state index contributed by atoms with van der Waals surface area (Å²) in [4.78, 5) is 0. The van der Waals surface area contributed by atoms with Crippen molar-refractivity contribution in [2.24, 2.45) is 0 Å². The summed E-state index contributed by atoms with van der Waals surface area (Å²) < 4.78 is 11.7. The maximum Gasteiger partial charge on any atom is 0.126 e.